The van der Waals surface area contributed by atoms with Gasteiger partial charge in [-0.2, -0.15) is 0 Å². The molecule has 0 aliphatic rings. The van der Waals surface area contributed by atoms with Gasteiger partial charge in [0.1, 0.15) is 0 Å². The molecule has 8 aromatic carbocycles. The van der Waals surface area contributed by atoms with E-state index in [0.717, 1.165) is 25.1 Å². The summed E-state index contributed by atoms with van der Waals surface area (Å²) in [5.41, 5.74) is 2.94. The molecule has 0 atom stereocenters. The molecular weight excluding hydrogens is 1570 g/mol. The number of amides is 3. The topological polar surface area (TPSA) is 352 Å². The quantitative estimate of drug-likeness (QED) is 0.0145. The second kappa shape index (κ2) is 50.5. The Morgan fingerprint density at radius 1 is 0.491 bits per heavy atom. The van der Waals surface area contributed by atoms with Crippen LogP contribution in [0.4, 0.5) is 21.5 Å². The van der Waals surface area contributed by atoms with Crippen molar-refractivity contribution in [3.05, 3.63) is 189 Å². The summed E-state index contributed by atoms with van der Waals surface area (Å²) >= 11 is 5.92. The van der Waals surface area contributed by atoms with Crippen LogP contribution in [0.2, 0.25) is 0 Å². The van der Waals surface area contributed by atoms with Gasteiger partial charge in [0.15, 0.2) is 46.0 Å². The second-order valence-electron chi connectivity index (χ2n) is 20.2. The normalized spacial score (nSPS) is 10.1. The molecule has 1 aromatic heterocycles. The van der Waals surface area contributed by atoms with Gasteiger partial charge in [0.05, 0.1) is 137 Å². The van der Waals surface area contributed by atoms with Crippen molar-refractivity contribution in [2.45, 2.75) is 47.3 Å². The maximum atomic E-state index is 12.7. The van der Waals surface area contributed by atoms with Crippen molar-refractivity contribution in [1.82, 2.24) is 4.98 Å². The summed E-state index contributed by atoms with van der Waals surface area (Å²) in [6.45, 7) is 8.87. The zero-order chi connectivity index (χ0) is 79.3. The predicted molar refractivity (Wildman–Crippen MR) is 420 cm³/mol. The molecular formula is C74H80Cl2FKN4O21S5. The number of alkyl halides is 1. The van der Waals surface area contributed by atoms with E-state index in [-0.39, 0.29) is 96.5 Å². The van der Waals surface area contributed by atoms with E-state index >= 15 is 0 Å². The molecule has 0 radical (unpaired) electrons. The standard InChI is InChI=1S/C19H21NO5S.2C18H19NO5S.C18H17NO4S.CH3F.Cl2OS.K.H2O/c1-5-25-16-10-13(19(22)24-3)14(11-15(16)23-2)20-18(21)12-8-6-7-9-17(12)26-4;2*1-4-24-15-9-12(18(21)22)13(10-14(15)23-2)19-17(20)11-7-5-6-8-16(11)25-3;1-4-22-15-9-12-13(10-14(15)21-2)19-17(23-18(12)20)11-7-5-6-8-16(11)24-3;1-2;1-4(2)3;;/h6-11H,5H2,1-4H3,(H,20,21);2*5-10H,4H2,1-3H3,(H,19,20)(H,21,22);5-10H,4H2,1-3H3;1H3;;;1H2/q;;;;;;+1;/p-1/i;;;;1D;;;. The van der Waals surface area contributed by atoms with E-state index in [0.29, 0.717) is 106 Å². The third-order valence-corrected chi connectivity index (χ3v) is 17.2. The fraction of sp³-hybridized carbons (Fsp3) is 0.243. The third-order valence-electron chi connectivity index (χ3n) is 14.0. The van der Waals surface area contributed by atoms with Crippen molar-refractivity contribution in [2.75, 3.05) is 110 Å². The number of hydrogen-bond donors (Lipinski definition) is 5. The molecule has 1 heterocycles. The first-order valence-electron chi connectivity index (χ1n) is 31.9. The summed E-state index contributed by atoms with van der Waals surface area (Å²) in [5.74, 6) is -0.574. The largest absolute Gasteiger partial charge is 1.00 e. The van der Waals surface area contributed by atoms with Gasteiger partial charge in [0.25, 0.3) is 17.7 Å². The van der Waals surface area contributed by atoms with Crippen LogP contribution in [-0.4, -0.2) is 155 Å². The van der Waals surface area contributed by atoms with E-state index in [2.05, 4.69) is 42.3 Å². The molecule has 3 amide bonds. The van der Waals surface area contributed by atoms with Crippen LogP contribution in [0.3, 0.4) is 0 Å². The number of carbonyl (C=O) groups excluding carboxylic acids is 4. The number of carboxylic acids is 2. The van der Waals surface area contributed by atoms with Crippen molar-refractivity contribution >= 4 is 141 Å². The van der Waals surface area contributed by atoms with E-state index in [1.807, 2.05) is 99.5 Å². The van der Waals surface area contributed by atoms with Crippen LogP contribution >= 0.6 is 68.4 Å². The number of hydrogen-bond acceptors (Lipinski definition) is 24. The molecule has 0 aliphatic heterocycles. The van der Waals surface area contributed by atoms with Crippen LogP contribution in [0.15, 0.2) is 174 Å². The first-order chi connectivity index (χ1) is 51.4. The fourth-order valence-corrected chi connectivity index (χ4v) is 11.8. The van der Waals surface area contributed by atoms with E-state index in [9.17, 15) is 48.2 Å². The van der Waals surface area contributed by atoms with Crippen molar-refractivity contribution in [3.63, 3.8) is 0 Å². The van der Waals surface area contributed by atoms with Gasteiger partial charge in [-0.3, -0.25) is 18.8 Å². The van der Waals surface area contributed by atoms with Gasteiger partial charge >= 0.3 is 74.9 Å². The Morgan fingerprint density at radius 3 is 1.10 bits per heavy atom. The number of rotatable bonds is 26. The number of carboxylic acid groups (broad SMARTS) is 2. The number of esters is 1. The van der Waals surface area contributed by atoms with Gasteiger partial charge in [-0.25, -0.2) is 28.4 Å². The Bertz CT molecular complexity index is 4480. The summed E-state index contributed by atoms with van der Waals surface area (Å²) in [4.78, 5) is 93.5. The number of methoxy groups -OCH3 is 5. The Morgan fingerprint density at radius 2 is 0.787 bits per heavy atom. The molecule has 0 bridgehead atoms. The number of nitrogens with one attached hydrogen (secondary N) is 3. The maximum absolute atomic E-state index is 12.7. The summed E-state index contributed by atoms with van der Waals surface area (Å²) in [6.07, 6.45) is 7.60. The molecule has 0 aliphatic carbocycles. The number of nitrogens with zero attached hydrogens (tertiary/aromatic N) is 1. The number of halogens is 3. The summed E-state index contributed by atoms with van der Waals surface area (Å²) in [5, 5.41) is 27.4. The Kier molecular flexibility index (Phi) is 43.9. The average molecular weight is 1650 g/mol. The molecule has 108 heavy (non-hydrogen) atoms. The molecule has 25 nitrogen and oxygen atoms in total. The Labute approximate surface area is 696 Å². The molecule has 0 saturated heterocycles. The predicted octanol–water partition coefficient (Wildman–Crippen LogP) is 13.8. The SMILES string of the molecule is CCOc1cc(C(=O)O)c(NC(=O)c2ccccc2SC)cc1OC.CCOc1cc(C(=O)O)c(NC(=O)c2ccccc2SC)cc1OC.CCOc1cc(C(=O)OC)c(NC(=O)c2ccccc2SC)cc1OC.CCOc1cc2c(=O)oc(-c3ccccc3SC)nc2cc1OC.O=S(Cl)Cl.[2H]CF.[K+].[OH-]. The first kappa shape index (κ1) is 94.0. The molecule has 9 rings (SSSR count). The number of ether oxygens (including phenoxy) is 9. The molecule has 9 aromatic rings. The Balaban J connectivity index is 0.000000476. The van der Waals surface area contributed by atoms with Crippen LogP contribution < -0.4 is 111 Å². The van der Waals surface area contributed by atoms with Crippen LogP contribution in [0, 0.1) is 0 Å². The van der Waals surface area contributed by atoms with Crippen LogP contribution in [0.25, 0.3) is 22.4 Å². The molecule has 574 valence electrons. The number of thioether (sulfide) groups is 4. The van der Waals surface area contributed by atoms with Crippen LogP contribution in [0.5, 0.6) is 46.0 Å². The summed E-state index contributed by atoms with van der Waals surface area (Å²) in [7, 11) is 13.6. The number of carbonyl (C=O) groups is 6. The molecule has 0 saturated carbocycles. The van der Waals surface area contributed by atoms with Gasteiger partial charge in [0, 0.05) is 89.5 Å². The van der Waals surface area contributed by atoms with E-state index in [4.69, 9.17) is 52.6 Å². The second-order valence-corrected chi connectivity index (χ2v) is 26.1. The van der Waals surface area contributed by atoms with Crippen LogP contribution in [-0.2, 0) is 14.0 Å². The van der Waals surface area contributed by atoms with E-state index < -0.39 is 51.7 Å². The zero-order valence-corrected chi connectivity index (χ0v) is 69.9. The minimum Gasteiger partial charge on any atom is -0.870 e. The number of fused-ring (bicyclic) bond motifs is 1. The molecule has 0 fully saturated rings. The average Bonchev–Trinajstić information content (AvgIpc) is 0.786. The van der Waals surface area contributed by atoms with Crippen molar-refractivity contribution in [3.8, 4) is 57.5 Å². The Hall–Kier alpha value is -8.22. The number of benzene rings is 8. The van der Waals surface area contributed by atoms with Gasteiger partial charge in [-0.05, 0) is 101 Å². The number of anilines is 3. The molecule has 34 heteroatoms. The summed E-state index contributed by atoms with van der Waals surface area (Å²) in [6, 6.07) is 41.1. The van der Waals surface area contributed by atoms with Crippen molar-refractivity contribution < 1.29 is 153 Å². The van der Waals surface area contributed by atoms with E-state index in [1.165, 1.54) is 94.1 Å². The number of aromatic carboxylic acids is 2. The van der Waals surface area contributed by atoms with Gasteiger partial charge in [-0.15, -0.1) is 47.0 Å². The minimum atomic E-state index is -1.67. The van der Waals surface area contributed by atoms with E-state index in [1.54, 1.807) is 87.3 Å². The maximum Gasteiger partial charge on any atom is 1.00 e. The fourth-order valence-electron chi connectivity index (χ4n) is 9.42. The zero-order valence-electron chi connectivity index (χ0n) is 62.2. The molecule has 0 unspecified atom stereocenters. The minimum absolute atomic E-state index is 0. The van der Waals surface area contributed by atoms with Gasteiger partial charge < -0.3 is 78.7 Å². The van der Waals surface area contributed by atoms with Crippen LogP contribution in [0.1, 0.15) is 91.2 Å². The summed E-state index contributed by atoms with van der Waals surface area (Å²) < 4.78 is 77.8. The monoisotopic (exact) mass is 1650 g/mol. The molecule has 0 spiro atoms. The number of aromatic nitrogens is 1. The third kappa shape index (κ3) is 27.7. The van der Waals surface area contributed by atoms with Gasteiger partial charge in [-0.1, -0.05) is 48.5 Å². The smallest absolute Gasteiger partial charge is 0.870 e. The van der Waals surface area contributed by atoms with Gasteiger partial charge in [0.2, 0.25) is 15.1 Å². The van der Waals surface area contributed by atoms with Crippen molar-refractivity contribution in [1.29, 1.82) is 0 Å². The first-order valence-corrected chi connectivity index (χ1v) is 38.9. The van der Waals surface area contributed by atoms with Crippen molar-refractivity contribution in [2.24, 2.45) is 0 Å². The molecule has 6 N–H and O–H groups in total.